The summed E-state index contributed by atoms with van der Waals surface area (Å²) in [5.74, 6) is 0.464. The van der Waals surface area contributed by atoms with Crippen LogP contribution in [0.3, 0.4) is 0 Å². The van der Waals surface area contributed by atoms with Gasteiger partial charge in [0.25, 0.3) is 0 Å². The molecule has 3 fully saturated rings. The molecule has 3 aliphatic rings. The highest BCUT2D eigenvalue weighted by atomic mass is 16.5. The van der Waals surface area contributed by atoms with E-state index in [0.717, 1.165) is 24.8 Å². The third kappa shape index (κ3) is 2.82. The number of esters is 1. The minimum absolute atomic E-state index is 0.0700. The van der Waals surface area contributed by atoms with Gasteiger partial charge >= 0.3 is 5.97 Å². The molecule has 1 aromatic rings. The van der Waals surface area contributed by atoms with E-state index in [9.17, 15) is 9.59 Å². The van der Waals surface area contributed by atoms with Gasteiger partial charge in [-0.2, -0.15) is 0 Å². The highest BCUT2D eigenvalue weighted by molar-refractivity contribution is 5.89. The number of amides is 1. The Morgan fingerprint density at radius 1 is 1.27 bits per heavy atom. The van der Waals surface area contributed by atoms with Crippen molar-refractivity contribution in [3.05, 3.63) is 35.9 Å². The number of benzene rings is 1. The summed E-state index contributed by atoms with van der Waals surface area (Å²) in [6, 6.07) is 8.68. The lowest BCUT2D eigenvalue weighted by molar-refractivity contribution is -0.157. The summed E-state index contributed by atoms with van der Waals surface area (Å²) >= 11 is 0. The summed E-state index contributed by atoms with van der Waals surface area (Å²) in [6.45, 7) is 5.22. The zero-order chi connectivity index (χ0) is 18.5. The number of hydrogen-bond donors (Lipinski definition) is 1. The molecule has 2 saturated carbocycles. The lowest BCUT2D eigenvalue weighted by Crippen LogP contribution is -2.54. The summed E-state index contributed by atoms with van der Waals surface area (Å²) in [6.07, 6.45) is 3.18. The van der Waals surface area contributed by atoms with Gasteiger partial charge in [-0.3, -0.25) is 4.79 Å². The molecular weight excluding hydrogens is 328 g/mol. The van der Waals surface area contributed by atoms with Crippen molar-refractivity contribution in [2.24, 2.45) is 28.9 Å². The summed E-state index contributed by atoms with van der Waals surface area (Å²) in [5, 5.41) is 0. The van der Waals surface area contributed by atoms with E-state index in [1.54, 1.807) is 4.90 Å². The lowest BCUT2D eigenvalue weighted by atomic mass is 9.79. The molecule has 26 heavy (non-hydrogen) atoms. The average molecular weight is 356 g/mol. The quantitative estimate of drug-likeness (QED) is 0.822. The molecule has 1 heterocycles. The maximum Gasteiger partial charge on any atom is 0.329 e. The molecule has 1 aromatic carbocycles. The molecule has 0 spiro atoms. The Kier molecular flexibility index (Phi) is 4.30. The Hall–Kier alpha value is -1.88. The molecule has 2 N–H and O–H groups in total. The van der Waals surface area contributed by atoms with Crippen LogP contribution in [0.1, 0.15) is 38.7 Å². The molecule has 2 aliphatic carbocycles. The van der Waals surface area contributed by atoms with Crippen LogP contribution >= 0.6 is 0 Å². The van der Waals surface area contributed by atoms with E-state index in [0.29, 0.717) is 12.5 Å². The highest BCUT2D eigenvalue weighted by Crippen LogP contribution is 2.65. The van der Waals surface area contributed by atoms with Gasteiger partial charge in [0.15, 0.2) is 0 Å². The smallest absolute Gasteiger partial charge is 0.329 e. The number of nitrogens with zero attached hydrogens (tertiary/aromatic N) is 1. The van der Waals surface area contributed by atoms with Crippen LogP contribution in [0.15, 0.2) is 30.3 Å². The van der Waals surface area contributed by atoms with E-state index in [-0.39, 0.29) is 35.7 Å². The normalized spacial score (nSPS) is 30.3. The average Bonchev–Trinajstić information content (AvgIpc) is 2.95. The summed E-state index contributed by atoms with van der Waals surface area (Å²) in [4.78, 5) is 27.5. The molecule has 5 nitrogen and oxygen atoms in total. The summed E-state index contributed by atoms with van der Waals surface area (Å²) in [7, 11) is 0. The number of hydrogen-bond acceptors (Lipinski definition) is 4. The van der Waals surface area contributed by atoms with Crippen LogP contribution in [0.25, 0.3) is 0 Å². The van der Waals surface area contributed by atoms with E-state index in [1.807, 2.05) is 30.3 Å². The number of rotatable bonds is 5. The number of ether oxygens (including phenoxy) is 1. The Bertz CT molecular complexity index is 698. The number of nitrogens with two attached hydrogens (primary N) is 1. The SMILES string of the molecule is CC1(C)[C@@H]2[C@@H](C(=O)OCc3ccccc3)N(C(=O)[C@@H](N)C3CCC3)C[C@@H]21. The number of piperidine rings is 1. The molecule has 4 atom stereocenters. The number of fused-ring (bicyclic) bond motifs is 1. The summed E-state index contributed by atoms with van der Waals surface area (Å²) < 4.78 is 5.59. The second-order valence-electron chi connectivity index (χ2n) is 8.70. The maximum atomic E-state index is 12.9. The summed E-state index contributed by atoms with van der Waals surface area (Å²) in [5.41, 5.74) is 7.26. The Morgan fingerprint density at radius 2 is 1.96 bits per heavy atom. The van der Waals surface area contributed by atoms with Crippen LogP contribution in [0, 0.1) is 23.2 Å². The molecule has 0 radical (unpaired) electrons. The highest BCUT2D eigenvalue weighted by Gasteiger charge is 2.70. The van der Waals surface area contributed by atoms with Crippen LogP contribution in [0.4, 0.5) is 0 Å². The van der Waals surface area contributed by atoms with Gasteiger partial charge < -0.3 is 15.4 Å². The number of likely N-dealkylation sites (tertiary alicyclic amines) is 1. The van der Waals surface area contributed by atoms with Gasteiger partial charge in [-0.15, -0.1) is 0 Å². The maximum absolute atomic E-state index is 12.9. The van der Waals surface area contributed by atoms with Gasteiger partial charge in [0.1, 0.15) is 12.6 Å². The van der Waals surface area contributed by atoms with Crippen molar-refractivity contribution in [1.82, 2.24) is 4.90 Å². The van der Waals surface area contributed by atoms with Gasteiger partial charge in [0.2, 0.25) is 5.91 Å². The Balaban J connectivity index is 1.46. The first-order valence-electron chi connectivity index (χ1n) is 9.68. The molecular formula is C21H28N2O3. The van der Waals surface area contributed by atoms with E-state index in [1.165, 1.54) is 0 Å². The van der Waals surface area contributed by atoms with Crippen molar-refractivity contribution < 1.29 is 14.3 Å². The molecule has 1 amide bonds. The van der Waals surface area contributed by atoms with Crippen LogP contribution in [-0.4, -0.2) is 35.4 Å². The first-order chi connectivity index (χ1) is 12.4. The van der Waals surface area contributed by atoms with Crippen LogP contribution < -0.4 is 5.73 Å². The molecule has 0 bridgehead atoms. The van der Waals surface area contributed by atoms with Crippen molar-refractivity contribution in [1.29, 1.82) is 0 Å². The third-order valence-corrected chi connectivity index (χ3v) is 6.90. The van der Waals surface area contributed by atoms with Crippen LogP contribution in [-0.2, 0) is 20.9 Å². The topological polar surface area (TPSA) is 72.6 Å². The molecule has 0 aromatic heterocycles. The number of carbonyl (C=O) groups excluding carboxylic acids is 2. The van der Waals surface area contributed by atoms with Crippen LogP contribution in [0.5, 0.6) is 0 Å². The van der Waals surface area contributed by atoms with Crippen LogP contribution in [0.2, 0.25) is 0 Å². The molecule has 4 rings (SSSR count). The predicted molar refractivity (Wildman–Crippen MR) is 97.8 cm³/mol. The fraction of sp³-hybridized carbons (Fsp3) is 0.619. The predicted octanol–water partition coefficient (Wildman–Crippen LogP) is 2.34. The van der Waals surface area contributed by atoms with E-state index < -0.39 is 12.1 Å². The fourth-order valence-corrected chi connectivity index (χ4v) is 4.79. The minimum Gasteiger partial charge on any atom is -0.459 e. The second-order valence-corrected chi connectivity index (χ2v) is 8.70. The van der Waals surface area contributed by atoms with Crippen molar-refractivity contribution in [2.75, 3.05) is 6.54 Å². The first-order valence-corrected chi connectivity index (χ1v) is 9.68. The number of carbonyl (C=O) groups is 2. The third-order valence-electron chi connectivity index (χ3n) is 6.90. The van der Waals surface area contributed by atoms with Crippen molar-refractivity contribution >= 4 is 11.9 Å². The van der Waals surface area contributed by atoms with Crippen molar-refractivity contribution in [3.63, 3.8) is 0 Å². The molecule has 1 aliphatic heterocycles. The van der Waals surface area contributed by atoms with Crippen molar-refractivity contribution in [2.45, 2.75) is 51.8 Å². The van der Waals surface area contributed by atoms with Gasteiger partial charge in [0.05, 0.1) is 6.04 Å². The van der Waals surface area contributed by atoms with E-state index in [2.05, 4.69) is 13.8 Å². The molecule has 5 heteroatoms. The second kappa shape index (κ2) is 6.38. The first kappa shape index (κ1) is 17.5. The zero-order valence-electron chi connectivity index (χ0n) is 15.6. The van der Waals surface area contributed by atoms with Crippen molar-refractivity contribution in [3.8, 4) is 0 Å². The lowest BCUT2D eigenvalue weighted by Gasteiger charge is -2.36. The fourth-order valence-electron chi connectivity index (χ4n) is 4.79. The van der Waals surface area contributed by atoms with Gasteiger partial charge in [-0.25, -0.2) is 4.79 Å². The largest absolute Gasteiger partial charge is 0.459 e. The standard InChI is InChI=1S/C21H28N2O3/c1-21(2)15-11-23(19(24)17(22)14-9-6-10-14)18(16(15)21)20(25)26-12-13-7-4-3-5-8-13/h3-5,7-8,14-18H,6,9-12,22H2,1-2H3/t15-,16-,17-,18-/m0/s1. The molecule has 1 saturated heterocycles. The molecule has 0 unspecified atom stereocenters. The van der Waals surface area contributed by atoms with Gasteiger partial charge in [-0.1, -0.05) is 50.6 Å². The molecule has 140 valence electrons. The van der Waals surface area contributed by atoms with Gasteiger partial charge in [-0.05, 0) is 35.7 Å². The zero-order valence-corrected chi connectivity index (χ0v) is 15.6. The minimum atomic E-state index is -0.489. The monoisotopic (exact) mass is 356 g/mol. The van der Waals surface area contributed by atoms with Gasteiger partial charge in [0, 0.05) is 12.5 Å². The van der Waals surface area contributed by atoms with E-state index >= 15 is 0 Å². The van der Waals surface area contributed by atoms with E-state index in [4.69, 9.17) is 10.5 Å². The Labute approximate surface area is 154 Å². The Morgan fingerprint density at radius 3 is 2.58 bits per heavy atom.